The van der Waals surface area contributed by atoms with Crippen molar-refractivity contribution < 1.29 is 14.3 Å². The lowest BCUT2D eigenvalue weighted by Gasteiger charge is -2.11. The lowest BCUT2D eigenvalue weighted by atomic mass is 10.0. The van der Waals surface area contributed by atoms with Crippen LogP contribution < -0.4 is 5.32 Å². The van der Waals surface area contributed by atoms with Crippen LogP contribution in [0, 0.1) is 5.82 Å². The Bertz CT molecular complexity index is 659. The highest BCUT2D eigenvalue weighted by Gasteiger charge is 2.17. The molecule has 2 rings (SSSR count). The van der Waals surface area contributed by atoms with Crippen LogP contribution in [0.5, 0.6) is 5.75 Å². The van der Waals surface area contributed by atoms with E-state index in [4.69, 9.17) is 0 Å². The van der Waals surface area contributed by atoms with Crippen LogP contribution in [0.4, 0.5) is 4.39 Å². The van der Waals surface area contributed by atoms with Crippen molar-refractivity contribution in [3.63, 3.8) is 0 Å². The maximum Gasteiger partial charge on any atom is 0.216 e. The Hall–Kier alpha value is -0.960. The molecule has 1 aromatic carbocycles. The highest BCUT2D eigenvalue weighted by Crippen LogP contribution is 2.35. The van der Waals surface area contributed by atoms with Crippen molar-refractivity contribution in [2.24, 2.45) is 0 Å². The minimum atomic E-state index is -0.636. The second-order valence-electron chi connectivity index (χ2n) is 4.64. The third-order valence-electron chi connectivity index (χ3n) is 3.13. The van der Waals surface area contributed by atoms with Gasteiger partial charge in [-0.1, -0.05) is 6.92 Å². The summed E-state index contributed by atoms with van der Waals surface area (Å²) in [5, 5.41) is 13.1. The van der Waals surface area contributed by atoms with Gasteiger partial charge in [-0.3, -0.25) is 8.77 Å². The van der Waals surface area contributed by atoms with E-state index in [0.29, 0.717) is 12.1 Å². The van der Waals surface area contributed by atoms with Crippen molar-refractivity contribution >= 4 is 47.1 Å². The molecule has 2 N–H and O–H groups in total. The number of phenols is 1. The lowest BCUT2D eigenvalue weighted by Crippen LogP contribution is -2.24. The van der Waals surface area contributed by atoms with Crippen molar-refractivity contribution in [2.75, 3.05) is 6.54 Å². The quantitative estimate of drug-likeness (QED) is 0.761. The molecule has 0 saturated heterocycles. The van der Waals surface area contributed by atoms with E-state index in [1.54, 1.807) is 0 Å². The predicted octanol–water partition coefficient (Wildman–Crippen LogP) is 3.57. The summed E-state index contributed by atoms with van der Waals surface area (Å²) in [5.41, 5.74) is 1.68. The van der Waals surface area contributed by atoms with E-state index in [1.165, 1.54) is 28.2 Å². The van der Waals surface area contributed by atoms with Gasteiger partial charge in [0.2, 0.25) is 5.91 Å². The number of hydrogen-bond donors (Lipinski definition) is 2. The molecule has 7 heteroatoms. The predicted molar refractivity (Wildman–Crippen MR) is 87.7 cm³/mol. The normalized spacial score (nSPS) is 12.6. The minimum absolute atomic E-state index is 0.0658. The van der Waals surface area contributed by atoms with E-state index < -0.39 is 5.82 Å². The monoisotopic (exact) mass is 408 g/mol. The topological polar surface area (TPSA) is 54.3 Å². The van der Waals surface area contributed by atoms with Gasteiger partial charge in [0.25, 0.3) is 0 Å². The molecular weight excluding hydrogens is 394 g/mol. The molecule has 2 aromatic rings. The Morgan fingerprint density at radius 1 is 1.60 bits per heavy atom. The van der Waals surface area contributed by atoms with Crippen LogP contribution in [0.15, 0.2) is 18.3 Å². The van der Waals surface area contributed by atoms with E-state index in [-0.39, 0.29) is 17.6 Å². The summed E-state index contributed by atoms with van der Waals surface area (Å²) in [6.45, 7) is 3.95. The Labute approximate surface area is 132 Å². The smallest absolute Gasteiger partial charge is 0.216 e. The van der Waals surface area contributed by atoms with Crippen LogP contribution in [-0.4, -0.2) is 21.5 Å². The summed E-state index contributed by atoms with van der Waals surface area (Å²) in [6, 6.07) is 2.76. The summed E-state index contributed by atoms with van der Waals surface area (Å²) in [6.07, 6.45) is 1.91. The molecule has 0 aliphatic rings. The maximum absolute atomic E-state index is 13.5. The van der Waals surface area contributed by atoms with Crippen LogP contribution in [0.2, 0.25) is 0 Å². The van der Waals surface area contributed by atoms with Crippen LogP contribution >= 0.6 is 30.3 Å². The second-order valence-corrected chi connectivity index (χ2v) is 6.35. The fourth-order valence-corrected chi connectivity index (χ4v) is 3.44. The van der Waals surface area contributed by atoms with E-state index in [9.17, 15) is 14.3 Å². The molecule has 1 amide bonds. The fraction of sp³-hybridized carbons (Fsp3) is 0.308. The zero-order valence-corrected chi connectivity index (χ0v) is 14.0. The first-order valence-corrected chi connectivity index (χ1v) is 9.32. The number of hydrogen-bond acceptors (Lipinski definition) is 3. The summed E-state index contributed by atoms with van der Waals surface area (Å²) in [7, 11) is 1.43. The number of nitrogens with zero attached hydrogens (tertiary/aromatic N) is 1. The molecular formula is C13H14FIN2O2S. The van der Waals surface area contributed by atoms with Crippen LogP contribution in [0.3, 0.4) is 0 Å². The number of amides is 1. The molecule has 0 unspecified atom stereocenters. The number of rotatable bonds is 4. The van der Waals surface area contributed by atoms with Crippen LogP contribution in [-0.2, 0) is 4.79 Å². The number of phenolic OH excluding ortho intramolecular Hbond substituents is 1. The first kappa shape index (κ1) is 15.4. The molecule has 20 heavy (non-hydrogen) atoms. The Kier molecular flexibility index (Phi) is 4.79. The first-order chi connectivity index (χ1) is 9.43. The average molecular weight is 408 g/mol. The van der Waals surface area contributed by atoms with Crippen LogP contribution in [0.25, 0.3) is 10.9 Å². The highest BCUT2D eigenvalue weighted by molar-refractivity contribution is 14.2. The number of carbonyl (C=O) groups excluding carboxylic acids is 1. The summed E-state index contributed by atoms with van der Waals surface area (Å²) in [4.78, 5) is 11.0. The van der Waals surface area contributed by atoms with E-state index in [2.05, 4.69) is 26.5 Å². The van der Waals surface area contributed by atoms with Gasteiger partial charge in [-0.15, -0.1) is 0 Å². The number of nitrogens with one attached hydrogen (secondary N) is 1. The van der Waals surface area contributed by atoms with Gasteiger partial charge in [0, 0.05) is 67.4 Å². The van der Waals surface area contributed by atoms with Crippen molar-refractivity contribution in [3.05, 3.63) is 29.7 Å². The van der Waals surface area contributed by atoms with Gasteiger partial charge in [-0.2, -0.15) is 0 Å². The first-order valence-electron chi connectivity index (χ1n) is 6.01. The summed E-state index contributed by atoms with van der Waals surface area (Å²) >= 11 is 2.12. The number of benzene rings is 1. The summed E-state index contributed by atoms with van der Waals surface area (Å²) < 4.78 is 15.3. The van der Waals surface area contributed by atoms with Gasteiger partial charge >= 0.3 is 0 Å². The molecule has 0 bridgehead atoms. The summed E-state index contributed by atoms with van der Waals surface area (Å²) in [5.74, 6) is -1.01. The minimum Gasteiger partial charge on any atom is -0.505 e. The molecule has 0 aliphatic carbocycles. The molecule has 0 saturated carbocycles. The largest absolute Gasteiger partial charge is 0.505 e. The molecule has 0 spiro atoms. The standard InChI is InChI=1S/C13H14FIN2O2S/c1-7(5-16-8(2)18)10-6-17(20-15)12-4-11(14)13(19)3-9(10)12/h3-4,6-7,19H,5H2,1-2H3,(H,16,18)/t7-/m0/s1. The molecule has 1 atom stereocenters. The molecule has 0 radical (unpaired) electrons. The second kappa shape index (κ2) is 6.21. The maximum atomic E-state index is 13.5. The van der Waals surface area contributed by atoms with Gasteiger partial charge in [0.05, 0.1) is 5.52 Å². The number of carbonyl (C=O) groups is 1. The average Bonchev–Trinajstić information content (AvgIpc) is 2.74. The Morgan fingerprint density at radius 2 is 2.30 bits per heavy atom. The van der Waals surface area contributed by atoms with E-state index >= 15 is 0 Å². The number of fused-ring (bicyclic) bond motifs is 1. The van der Waals surface area contributed by atoms with Gasteiger partial charge in [0.15, 0.2) is 11.6 Å². The molecule has 108 valence electrons. The molecule has 0 fully saturated rings. The Balaban J connectivity index is 2.47. The molecule has 4 nitrogen and oxygen atoms in total. The SMILES string of the molecule is CC(=O)NC[C@H](C)c1cn(SI)c2cc(F)c(O)cc12. The zero-order valence-electron chi connectivity index (χ0n) is 11.0. The van der Waals surface area contributed by atoms with Crippen molar-refractivity contribution in [1.82, 2.24) is 9.29 Å². The van der Waals surface area contributed by atoms with Gasteiger partial charge in [0.1, 0.15) is 0 Å². The molecule has 0 aliphatic heterocycles. The third kappa shape index (κ3) is 3.03. The van der Waals surface area contributed by atoms with E-state index in [0.717, 1.165) is 10.9 Å². The van der Waals surface area contributed by atoms with Gasteiger partial charge in [-0.05, 0) is 11.6 Å². The van der Waals surface area contributed by atoms with Crippen molar-refractivity contribution in [2.45, 2.75) is 19.8 Å². The van der Waals surface area contributed by atoms with E-state index in [1.807, 2.05) is 17.1 Å². The fourth-order valence-electron chi connectivity index (χ4n) is 2.09. The van der Waals surface area contributed by atoms with Gasteiger partial charge in [-0.25, -0.2) is 4.39 Å². The number of aromatic nitrogens is 1. The zero-order chi connectivity index (χ0) is 14.9. The molecule has 1 heterocycles. The number of halogens is 2. The number of aromatic hydroxyl groups is 1. The van der Waals surface area contributed by atoms with Crippen molar-refractivity contribution in [3.8, 4) is 5.75 Å². The molecule has 1 aromatic heterocycles. The van der Waals surface area contributed by atoms with Crippen LogP contribution in [0.1, 0.15) is 25.3 Å². The van der Waals surface area contributed by atoms with Crippen molar-refractivity contribution in [1.29, 1.82) is 0 Å². The third-order valence-corrected chi connectivity index (χ3v) is 4.86. The Morgan fingerprint density at radius 3 is 2.90 bits per heavy atom. The lowest BCUT2D eigenvalue weighted by molar-refractivity contribution is -0.119. The highest BCUT2D eigenvalue weighted by atomic mass is 127. The van der Waals surface area contributed by atoms with Gasteiger partial charge < -0.3 is 10.4 Å².